The van der Waals surface area contributed by atoms with Crippen LogP contribution in [0.3, 0.4) is 0 Å². The molecule has 1 unspecified atom stereocenters. The molecule has 0 saturated heterocycles. The van der Waals surface area contributed by atoms with Crippen molar-refractivity contribution in [1.82, 2.24) is 10.5 Å². The Morgan fingerprint density at radius 1 is 1.16 bits per heavy atom. The molecule has 0 fully saturated rings. The molecule has 0 saturated carbocycles. The van der Waals surface area contributed by atoms with Gasteiger partial charge in [0, 0.05) is 5.56 Å². The third kappa shape index (κ3) is 3.86. The predicted octanol–water partition coefficient (Wildman–Crippen LogP) is 2.32. The van der Waals surface area contributed by atoms with E-state index < -0.39 is 17.9 Å². The molecule has 8 nitrogen and oxygen atoms in total. The van der Waals surface area contributed by atoms with Crippen LogP contribution in [0.2, 0.25) is 0 Å². The van der Waals surface area contributed by atoms with E-state index in [4.69, 9.17) is 4.74 Å². The minimum Gasteiger partial charge on any atom is -0.497 e. The van der Waals surface area contributed by atoms with Crippen LogP contribution >= 0.6 is 0 Å². The van der Waals surface area contributed by atoms with Crippen molar-refractivity contribution in [3.63, 3.8) is 0 Å². The van der Waals surface area contributed by atoms with Crippen molar-refractivity contribution in [2.45, 2.75) is 6.04 Å². The number of nitrogens with zero attached hydrogens (tertiary/aromatic N) is 4. The van der Waals surface area contributed by atoms with Crippen LogP contribution in [0.5, 0.6) is 5.75 Å². The number of ether oxygens (including phenoxy) is 1. The SMILES string of the molecule is COc1ccc(N=NC2C=NN(NC(=O)c3ccccc3)C2=O)cc1. The summed E-state index contributed by atoms with van der Waals surface area (Å²) in [5.74, 6) is -0.215. The summed E-state index contributed by atoms with van der Waals surface area (Å²) in [7, 11) is 1.57. The van der Waals surface area contributed by atoms with Gasteiger partial charge < -0.3 is 4.74 Å². The van der Waals surface area contributed by atoms with Gasteiger partial charge in [-0.05, 0) is 36.4 Å². The Kier molecular flexibility index (Phi) is 4.79. The normalized spacial score (nSPS) is 16.4. The van der Waals surface area contributed by atoms with Crippen molar-refractivity contribution in [3.05, 3.63) is 60.2 Å². The highest BCUT2D eigenvalue weighted by Crippen LogP contribution is 2.19. The lowest BCUT2D eigenvalue weighted by Crippen LogP contribution is -2.42. The van der Waals surface area contributed by atoms with Crippen molar-refractivity contribution >= 4 is 23.7 Å². The molecule has 2 aromatic rings. The van der Waals surface area contributed by atoms with Gasteiger partial charge in [-0.15, -0.1) is 5.12 Å². The monoisotopic (exact) mass is 337 g/mol. The average molecular weight is 337 g/mol. The summed E-state index contributed by atoms with van der Waals surface area (Å²) in [4.78, 5) is 24.3. The number of nitrogens with one attached hydrogen (secondary N) is 1. The zero-order valence-corrected chi connectivity index (χ0v) is 13.4. The summed E-state index contributed by atoms with van der Waals surface area (Å²) in [6.45, 7) is 0. The van der Waals surface area contributed by atoms with E-state index in [9.17, 15) is 9.59 Å². The molecule has 1 N–H and O–H groups in total. The molecule has 126 valence electrons. The lowest BCUT2D eigenvalue weighted by Gasteiger charge is -2.13. The highest BCUT2D eigenvalue weighted by Gasteiger charge is 2.30. The van der Waals surface area contributed by atoms with Gasteiger partial charge in [0.2, 0.25) is 0 Å². The first-order valence-corrected chi connectivity index (χ1v) is 7.46. The quantitative estimate of drug-likeness (QED) is 0.848. The second-order valence-corrected chi connectivity index (χ2v) is 5.08. The van der Waals surface area contributed by atoms with Crippen molar-refractivity contribution in [2.75, 3.05) is 7.11 Å². The Morgan fingerprint density at radius 3 is 2.56 bits per heavy atom. The van der Waals surface area contributed by atoms with Gasteiger partial charge in [-0.1, -0.05) is 18.2 Å². The number of hydrogen-bond acceptors (Lipinski definition) is 6. The Morgan fingerprint density at radius 2 is 1.88 bits per heavy atom. The molecule has 0 aliphatic carbocycles. The third-order valence-corrected chi connectivity index (χ3v) is 3.40. The molecule has 25 heavy (non-hydrogen) atoms. The molecule has 1 aliphatic heterocycles. The third-order valence-electron chi connectivity index (χ3n) is 3.40. The number of azo groups is 1. The van der Waals surface area contributed by atoms with Crippen LogP contribution in [0.4, 0.5) is 5.69 Å². The highest BCUT2D eigenvalue weighted by atomic mass is 16.5. The Bertz CT molecular complexity index is 818. The molecule has 1 atom stereocenters. The standard InChI is InChI=1S/C17H15N5O3/c1-25-14-9-7-13(8-10-14)19-20-15-11-18-22(17(15)24)21-16(23)12-5-3-2-4-6-12/h2-11,15H,1H3,(H,21,23). The van der Waals surface area contributed by atoms with Gasteiger partial charge in [-0.25, -0.2) is 5.43 Å². The first-order chi connectivity index (χ1) is 12.2. The van der Waals surface area contributed by atoms with Crippen LogP contribution in [0.25, 0.3) is 0 Å². The lowest BCUT2D eigenvalue weighted by atomic mass is 10.2. The van der Waals surface area contributed by atoms with Crippen molar-refractivity contribution < 1.29 is 14.3 Å². The number of hydrogen-bond donors (Lipinski definition) is 1. The van der Waals surface area contributed by atoms with E-state index in [1.54, 1.807) is 61.7 Å². The topological polar surface area (TPSA) is 95.7 Å². The fraction of sp³-hybridized carbons (Fsp3) is 0.118. The van der Waals surface area contributed by atoms with Crippen LogP contribution in [0.15, 0.2) is 69.9 Å². The van der Waals surface area contributed by atoms with Crippen LogP contribution in [0.1, 0.15) is 10.4 Å². The van der Waals surface area contributed by atoms with E-state index in [2.05, 4.69) is 20.8 Å². The molecular weight excluding hydrogens is 322 g/mol. The summed E-state index contributed by atoms with van der Waals surface area (Å²) in [5.41, 5.74) is 3.42. The molecule has 1 aliphatic rings. The van der Waals surface area contributed by atoms with E-state index >= 15 is 0 Å². The Balaban J connectivity index is 1.61. The molecule has 2 aromatic carbocycles. The second-order valence-electron chi connectivity index (χ2n) is 5.08. The minimum absolute atomic E-state index is 0.425. The first-order valence-electron chi connectivity index (χ1n) is 7.46. The Labute approximate surface area is 143 Å². The van der Waals surface area contributed by atoms with E-state index in [1.165, 1.54) is 6.21 Å². The van der Waals surface area contributed by atoms with Crippen molar-refractivity contribution in [1.29, 1.82) is 0 Å². The fourth-order valence-corrected chi connectivity index (χ4v) is 2.07. The van der Waals surface area contributed by atoms with Gasteiger partial charge in [-0.3, -0.25) is 9.59 Å². The number of hydrazone groups is 1. The fourth-order valence-electron chi connectivity index (χ4n) is 2.07. The zero-order valence-electron chi connectivity index (χ0n) is 13.4. The van der Waals surface area contributed by atoms with Gasteiger partial charge in [0.15, 0.2) is 6.04 Å². The molecule has 0 aromatic heterocycles. The molecule has 3 rings (SSSR count). The number of carbonyl (C=O) groups is 2. The number of benzene rings is 2. The zero-order chi connectivity index (χ0) is 17.6. The maximum Gasteiger partial charge on any atom is 0.294 e. The van der Waals surface area contributed by atoms with Crippen LogP contribution in [-0.4, -0.2) is 36.3 Å². The molecular formula is C17H15N5O3. The average Bonchev–Trinajstić information content (AvgIpc) is 3.01. The maximum absolute atomic E-state index is 12.2. The summed E-state index contributed by atoms with van der Waals surface area (Å²) in [6, 6.07) is 14.6. The molecule has 0 radical (unpaired) electrons. The molecule has 0 spiro atoms. The van der Waals surface area contributed by atoms with Crippen LogP contribution in [-0.2, 0) is 4.79 Å². The summed E-state index contributed by atoms with van der Waals surface area (Å²) >= 11 is 0. The van der Waals surface area contributed by atoms with Gasteiger partial charge in [-0.2, -0.15) is 15.3 Å². The van der Waals surface area contributed by atoms with Crippen LogP contribution in [0, 0.1) is 0 Å². The van der Waals surface area contributed by atoms with E-state index in [0.717, 1.165) is 5.12 Å². The highest BCUT2D eigenvalue weighted by molar-refractivity contribution is 6.03. The van der Waals surface area contributed by atoms with Crippen molar-refractivity contribution in [3.8, 4) is 5.75 Å². The smallest absolute Gasteiger partial charge is 0.294 e. The van der Waals surface area contributed by atoms with Gasteiger partial charge in [0.05, 0.1) is 19.0 Å². The molecule has 0 bridgehead atoms. The minimum atomic E-state index is -0.877. The Hall–Kier alpha value is -3.55. The number of rotatable bonds is 5. The lowest BCUT2D eigenvalue weighted by molar-refractivity contribution is -0.131. The van der Waals surface area contributed by atoms with E-state index in [1.807, 2.05) is 0 Å². The number of hydrazine groups is 1. The molecule has 1 heterocycles. The summed E-state index contributed by atoms with van der Waals surface area (Å²) in [5, 5.41) is 12.7. The number of methoxy groups -OCH3 is 1. The van der Waals surface area contributed by atoms with Gasteiger partial charge in [0.1, 0.15) is 5.75 Å². The second kappa shape index (κ2) is 7.35. The van der Waals surface area contributed by atoms with E-state index in [-0.39, 0.29) is 0 Å². The largest absolute Gasteiger partial charge is 0.497 e. The first kappa shape index (κ1) is 16.3. The van der Waals surface area contributed by atoms with Gasteiger partial charge >= 0.3 is 0 Å². The predicted molar refractivity (Wildman–Crippen MR) is 90.5 cm³/mol. The summed E-state index contributed by atoms with van der Waals surface area (Å²) in [6.07, 6.45) is 1.32. The van der Waals surface area contributed by atoms with Crippen LogP contribution < -0.4 is 10.2 Å². The van der Waals surface area contributed by atoms with Gasteiger partial charge in [0.25, 0.3) is 11.8 Å². The summed E-state index contributed by atoms with van der Waals surface area (Å²) < 4.78 is 5.06. The number of carbonyl (C=O) groups excluding carboxylic acids is 2. The molecule has 8 heteroatoms. The maximum atomic E-state index is 12.2. The number of amides is 2. The van der Waals surface area contributed by atoms with Crippen molar-refractivity contribution in [2.24, 2.45) is 15.3 Å². The molecule has 2 amide bonds. The van der Waals surface area contributed by atoms with E-state index in [0.29, 0.717) is 17.0 Å².